The van der Waals surface area contributed by atoms with Gasteiger partial charge in [-0.1, -0.05) is 200 Å². The maximum Gasteiger partial charge on any atom is 0.0547 e. The third kappa shape index (κ3) is 7.12. The van der Waals surface area contributed by atoms with E-state index in [4.69, 9.17) is 0 Å². The van der Waals surface area contributed by atoms with E-state index in [0.29, 0.717) is 0 Å². The Morgan fingerprint density at radius 3 is 1.45 bits per heavy atom. The quantitative estimate of drug-likeness (QED) is 0.141. The molecule has 0 fully saturated rings. The van der Waals surface area contributed by atoms with E-state index in [9.17, 15) is 0 Å². The summed E-state index contributed by atoms with van der Waals surface area (Å²) in [5.41, 5.74) is 18.7. The van der Waals surface area contributed by atoms with Gasteiger partial charge < -0.3 is 9.47 Å². The van der Waals surface area contributed by atoms with Crippen LogP contribution in [0.5, 0.6) is 0 Å². The monoisotopic (exact) mass is 840 g/mol. The summed E-state index contributed by atoms with van der Waals surface area (Å²) >= 11 is 0. The summed E-state index contributed by atoms with van der Waals surface area (Å²) in [5, 5.41) is 4.98. The number of fused-ring (bicyclic) bond motifs is 4. The molecule has 0 saturated heterocycles. The fraction of sp³-hybridized carbons (Fsp3) is 0. The normalized spacial score (nSPS) is 11.3. The van der Waals surface area contributed by atoms with E-state index < -0.39 is 0 Å². The van der Waals surface area contributed by atoms with Crippen LogP contribution in [-0.2, 0) is 0 Å². The fourth-order valence-electron chi connectivity index (χ4n) is 9.77. The molecule has 0 unspecified atom stereocenters. The average molecular weight is 841 g/mol. The van der Waals surface area contributed by atoms with Crippen LogP contribution in [-0.4, -0.2) is 4.57 Å². The van der Waals surface area contributed by atoms with Crippen molar-refractivity contribution < 1.29 is 0 Å². The molecule has 2 heteroatoms. The summed E-state index contributed by atoms with van der Waals surface area (Å²) in [6, 6.07) is 96.9. The predicted octanol–water partition coefficient (Wildman–Crippen LogP) is 17.7. The lowest BCUT2D eigenvalue weighted by Gasteiger charge is -2.28. The van der Waals surface area contributed by atoms with Crippen LogP contribution in [0.1, 0.15) is 0 Å². The molecule has 0 amide bonds. The molecule has 2 nitrogen and oxygen atoms in total. The summed E-state index contributed by atoms with van der Waals surface area (Å²) < 4.78 is 2.39. The highest BCUT2D eigenvalue weighted by molar-refractivity contribution is 6.16. The third-order valence-corrected chi connectivity index (χ3v) is 13.0. The first-order valence-electron chi connectivity index (χ1n) is 22.7. The second-order valence-corrected chi connectivity index (χ2v) is 16.9. The number of hydrogen-bond donors (Lipinski definition) is 0. The van der Waals surface area contributed by atoms with Crippen LogP contribution in [0.25, 0.3) is 93.9 Å². The van der Waals surface area contributed by atoms with Gasteiger partial charge in [0.15, 0.2) is 0 Å². The number of para-hydroxylation sites is 3. The lowest BCUT2D eigenvalue weighted by molar-refractivity contribution is 1.18. The van der Waals surface area contributed by atoms with Crippen molar-refractivity contribution in [2.45, 2.75) is 0 Å². The maximum absolute atomic E-state index is 2.41. The van der Waals surface area contributed by atoms with Gasteiger partial charge in [0.2, 0.25) is 0 Å². The van der Waals surface area contributed by atoms with Gasteiger partial charge in [-0.2, -0.15) is 0 Å². The molecule has 0 bridgehead atoms. The van der Waals surface area contributed by atoms with Crippen molar-refractivity contribution >= 4 is 49.6 Å². The molecule has 1 heterocycles. The lowest BCUT2D eigenvalue weighted by Crippen LogP contribution is -2.11. The van der Waals surface area contributed by atoms with Gasteiger partial charge in [-0.3, -0.25) is 0 Å². The maximum atomic E-state index is 2.41. The van der Waals surface area contributed by atoms with E-state index in [2.05, 4.69) is 276 Å². The molecule has 0 radical (unpaired) electrons. The summed E-state index contributed by atoms with van der Waals surface area (Å²) in [6.07, 6.45) is 0. The van der Waals surface area contributed by atoms with Crippen molar-refractivity contribution in [3.8, 4) is 61.3 Å². The van der Waals surface area contributed by atoms with Crippen LogP contribution in [0.4, 0.5) is 17.1 Å². The zero-order chi connectivity index (χ0) is 43.8. The number of rotatable bonds is 9. The van der Waals surface area contributed by atoms with Gasteiger partial charge in [-0.05, 0) is 128 Å². The molecule has 0 aliphatic carbocycles. The van der Waals surface area contributed by atoms with E-state index in [1.165, 1.54) is 77.1 Å². The SMILES string of the molecule is c1ccc(-c2ccc(-c3ccc(N(c4ccc(-c5ccc6ccccc6c5)cc4)c4ccccc4-c4cccc(-c5cccc6c5c5ccccc5n6-c5ccccc5)c4)cc3)cc2)cc1. The Kier molecular flexibility index (Phi) is 9.89. The zero-order valence-electron chi connectivity index (χ0n) is 36.3. The molecule has 0 spiro atoms. The molecule has 0 aliphatic heterocycles. The summed E-state index contributed by atoms with van der Waals surface area (Å²) in [4.78, 5) is 2.41. The van der Waals surface area contributed by atoms with Gasteiger partial charge in [0.1, 0.15) is 0 Å². The first-order chi connectivity index (χ1) is 32.7. The zero-order valence-corrected chi connectivity index (χ0v) is 36.3. The Morgan fingerprint density at radius 2 is 0.742 bits per heavy atom. The molecular weight excluding hydrogens is 797 g/mol. The molecule has 1 aromatic heterocycles. The Morgan fingerprint density at radius 1 is 0.273 bits per heavy atom. The molecular formula is C64H44N2. The number of aromatic nitrogens is 1. The van der Waals surface area contributed by atoms with Crippen LogP contribution in [0.3, 0.4) is 0 Å². The molecule has 0 N–H and O–H groups in total. The van der Waals surface area contributed by atoms with Crippen LogP contribution >= 0.6 is 0 Å². The largest absolute Gasteiger partial charge is 0.310 e. The summed E-state index contributed by atoms with van der Waals surface area (Å²) in [5.74, 6) is 0. The van der Waals surface area contributed by atoms with E-state index in [1.54, 1.807) is 0 Å². The second-order valence-electron chi connectivity index (χ2n) is 16.9. The minimum absolute atomic E-state index is 1.08. The number of anilines is 3. The standard InChI is InChI=1S/C64H44N2/c1-3-15-45(16-4-1)47-29-31-48(32-30-47)49-35-39-56(40-36-49)65(57-41-37-50(38-42-57)52-34-33-46-17-7-8-18-51(46)43-52)61-26-11-9-23-58(61)53-19-13-20-54(44-53)59-25-14-28-63-64(59)60-24-10-12-27-62(60)66(63)55-21-5-2-6-22-55/h1-44H. The van der Waals surface area contributed by atoms with Gasteiger partial charge >= 0.3 is 0 Å². The molecule has 0 atom stereocenters. The molecule has 11 aromatic carbocycles. The molecule has 0 aliphatic rings. The minimum Gasteiger partial charge on any atom is -0.310 e. The van der Waals surface area contributed by atoms with Gasteiger partial charge in [0, 0.05) is 33.4 Å². The van der Waals surface area contributed by atoms with E-state index in [-0.39, 0.29) is 0 Å². The van der Waals surface area contributed by atoms with Gasteiger partial charge in [-0.25, -0.2) is 0 Å². The lowest BCUT2D eigenvalue weighted by atomic mass is 9.94. The van der Waals surface area contributed by atoms with E-state index in [1.807, 2.05) is 0 Å². The number of benzene rings is 11. The first kappa shape index (κ1) is 38.9. The molecule has 0 saturated carbocycles. The Hall–Kier alpha value is -8.72. The Bertz CT molecular complexity index is 3660. The van der Waals surface area contributed by atoms with E-state index >= 15 is 0 Å². The van der Waals surface area contributed by atoms with Crippen molar-refractivity contribution in [1.29, 1.82) is 0 Å². The molecule has 12 aromatic rings. The summed E-state index contributed by atoms with van der Waals surface area (Å²) in [6.45, 7) is 0. The first-order valence-corrected chi connectivity index (χ1v) is 22.7. The average Bonchev–Trinajstić information content (AvgIpc) is 3.74. The fourth-order valence-corrected chi connectivity index (χ4v) is 9.77. The topological polar surface area (TPSA) is 8.17 Å². The van der Waals surface area contributed by atoms with Crippen molar-refractivity contribution in [1.82, 2.24) is 4.57 Å². The highest BCUT2D eigenvalue weighted by Gasteiger charge is 2.20. The third-order valence-electron chi connectivity index (χ3n) is 13.0. The molecule has 12 rings (SSSR count). The van der Waals surface area contributed by atoms with Gasteiger partial charge in [-0.15, -0.1) is 0 Å². The van der Waals surface area contributed by atoms with E-state index in [0.717, 1.165) is 33.9 Å². The smallest absolute Gasteiger partial charge is 0.0547 e. The highest BCUT2D eigenvalue weighted by atomic mass is 15.1. The Balaban J connectivity index is 0.963. The van der Waals surface area contributed by atoms with Crippen molar-refractivity contribution in [3.05, 3.63) is 267 Å². The van der Waals surface area contributed by atoms with Crippen LogP contribution in [0.2, 0.25) is 0 Å². The van der Waals surface area contributed by atoms with Gasteiger partial charge in [0.25, 0.3) is 0 Å². The Labute approximate surface area is 385 Å². The van der Waals surface area contributed by atoms with Crippen molar-refractivity contribution in [3.63, 3.8) is 0 Å². The highest BCUT2D eigenvalue weighted by Crippen LogP contribution is 2.44. The van der Waals surface area contributed by atoms with Crippen LogP contribution in [0.15, 0.2) is 267 Å². The molecule has 66 heavy (non-hydrogen) atoms. The minimum atomic E-state index is 1.08. The van der Waals surface area contributed by atoms with Gasteiger partial charge in [0.05, 0.1) is 16.7 Å². The number of nitrogens with zero attached hydrogens (tertiary/aromatic N) is 2. The second kappa shape index (κ2) is 16.8. The summed E-state index contributed by atoms with van der Waals surface area (Å²) in [7, 11) is 0. The number of hydrogen-bond acceptors (Lipinski definition) is 1. The van der Waals surface area contributed by atoms with Crippen molar-refractivity contribution in [2.75, 3.05) is 4.90 Å². The van der Waals surface area contributed by atoms with Crippen LogP contribution in [0, 0.1) is 0 Å². The predicted molar refractivity (Wildman–Crippen MR) is 280 cm³/mol. The van der Waals surface area contributed by atoms with Crippen molar-refractivity contribution in [2.24, 2.45) is 0 Å². The molecule has 310 valence electrons. The van der Waals surface area contributed by atoms with Crippen LogP contribution < -0.4 is 4.90 Å².